The van der Waals surface area contributed by atoms with Gasteiger partial charge in [-0.25, -0.2) is 9.97 Å². The Kier molecular flexibility index (Phi) is 10.1. The van der Waals surface area contributed by atoms with Crippen LogP contribution < -0.4 is 9.64 Å². The fraction of sp³-hybridized carbons (Fsp3) is 0.258. The first-order valence-corrected chi connectivity index (χ1v) is 13.5. The number of aliphatic carboxylic acids is 1. The number of anilines is 1. The van der Waals surface area contributed by atoms with Crippen molar-refractivity contribution in [2.24, 2.45) is 0 Å². The van der Waals surface area contributed by atoms with Crippen molar-refractivity contribution < 1.29 is 54.2 Å². The topological polar surface area (TPSA) is 75.6 Å². The molecule has 46 heavy (non-hydrogen) atoms. The van der Waals surface area contributed by atoms with Crippen molar-refractivity contribution in [1.82, 2.24) is 9.97 Å². The number of benzene rings is 3. The molecule has 0 saturated heterocycles. The Morgan fingerprint density at radius 3 is 1.87 bits per heavy atom. The highest BCUT2D eigenvalue weighted by molar-refractivity contribution is 5.68. The molecule has 4 aromatic rings. The van der Waals surface area contributed by atoms with Crippen molar-refractivity contribution in [3.05, 3.63) is 107 Å². The average Bonchev–Trinajstić information content (AvgIpc) is 2.98. The number of halogens is 9. The molecule has 3 aromatic carbocycles. The number of ether oxygens (including phenoxy) is 1. The van der Waals surface area contributed by atoms with Gasteiger partial charge in [0.25, 0.3) is 0 Å². The Morgan fingerprint density at radius 2 is 1.33 bits per heavy atom. The molecule has 0 atom stereocenters. The molecule has 0 bridgehead atoms. The first-order chi connectivity index (χ1) is 21.5. The Hall–Kier alpha value is -4.82. The normalized spacial score (nSPS) is 12.2. The van der Waals surface area contributed by atoms with E-state index in [-0.39, 0.29) is 42.8 Å². The van der Waals surface area contributed by atoms with Crippen LogP contribution in [0.2, 0.25) is 0 Å². The first kappa shape index (κ1) is 34.1. The average molecular weight is 658 g/mol. The predicted octanol–water partition coefficient (Wildman–Crippen LogP) is 8.65. The van der Waals surface area contributed by atoms with Crippen molar-refractivity contribution in [3.8, 4) is 16.9 Å². The van der Waals surface area contributed by atoms with Crippen LogP contribution in [-0.4, -0.2) is 27.7 Å². The van der Waals surface area contributed by atoms with Gasteiger partial charge in [0.2, 0.25) is 5.95 Å². The third kappa shape index (κ3) is 9.11. The third-order valence-corrected chi connectivity index (χ3v) is 6.60. The molecule has 0 aliphatic carbocycles. The van der Waals surface area contributed by atoms with Crippen LogP contribution in [0.4, 0.5) is 45.5 Å². The van der Waals surface area contributed by atoms with Gasteiger partial charge in [-0.2, -0.15) is 39.5 Å². The highest BCUT2D eigenvalue weighted by Crippen LogP contribution is 2.38. The lowest BCUT2D eigenvalue weighted by Crippen LogP contribution is -2.25. The van der Waals surface area contributed by atoms with Crippen LogP contribution in [0.1, 0.15) is 40.7 Å². The van der Waals surface area contributed by atoms with E-state index in [1.165, 1.54) is 6.07 Å². The standard InChI is InChI=1S/C31H24F9N3O3/c32-29(33,34)22-8-9-26(20-5-2-1-3-6-20)21(13-22)18-43(28-41-15-25(16-42-28)46-10-4-7-27(44)45)17-19-11-23(30(35,36)37)14-24(12-19)31(38,39)40/h1-3,5-6,8-9,11-16H,4,7,10,17-18H2,(H,44,45). The lowest BCUT2D eigenvalue weighted by Gasteiger charge is -2.26. The number of nitrogens with zero attached hydrogens (tertiary/aromatic N) is 3. The van der Waals surface area contributed by atoms with Crippen LogP contribution in [0, 0.1) is 0 Å². The zero-order valence-electron chi connectivity index (χ0n) is 23.5. The van der Waals surface area contributed by atoms with Gasteiger partial charge in [0, 0.05) is 19.5 Å². The van der Waals surface area contributed by atoms with Crippen molar-refractivity contribution in [2.45, 2.75) is 44.5 Å². The largest absolute Gasteiger partial charge is 0.490 e. The summed E-state index contributed by atoms with van der Waals surface area (Å²) in [6, 6.07) is 12.2. The molecular formula is C31H24F9N3O3. The van der Waals surface area contributed by atoms with Gasteiger partial charge in [-0.05, 0) is 59.0 Å². The summed E-state index contributed by atoms with van der Waals surface area (Å²) < 4.78 is 128. The maximum atomic E-state index is 13.7. The summed E-state index contributed by atoms with van der Waals surface area (Å²) in [7, 11) is 0. The van der Waals surface area contributed by atoms with Crippen molar-refractivity contribution in [3.63, 3.8) is 0 Å². The van der Waals surface area contributed by atoms with E-state index in [9.17, 15) is 44.3 Å². The minimum atomic E-state index is -5.13. The second-order valence-corrected chi connectivity index (χ2v) is 10.1. The number of carboxylic acid groups (broad SMARTS) is 1. The van der Waals surface area contributed by atoms with Crippen molar-refractivity contribution in [2.75, 3.05) is 11.5 Å². The molecule has 1 heterocycles. The number of carbonyl (C=O) groups is 1. The summed E-state index contributed by atoms with van der Waals surface area (Å²) in [5.41, 5.74) is -3.71. The summed E-state index contributed by atoms with van der Waals surface area (Å²) in [6.07, 6.45) is -12.7. The molecule has 0 spiro atoms. The number of hydrogen-bond donors (Lipinski definition) is 1. The van der Waals surface area contributed by atoms with Gasteiger partial charge >= 0.3 is 24.5 Å². The van der Waals surface area contributed by atoms with Crippen LogP contribution in [0.15, 0.2) is 79.1 Å². The molecular weight excluding hydrogens is 633 g/mol. The predicted molar refractivity (Wildman–Crippen MR) is 148 cm³/mol. The van der Waals surface area contributed by atoms with E-state index in [2.05, 4.69) is 9.97 Å². The second kappa shape index (κ2) is 13.7. The monoisotopic (exact) mass is 657 g/mol. The Bertz CT molecular complexity index is 1610. The molecule has 15 heteroatoms. The van der Waals surface area contributed by atoms with Crippen LogP contribution >= 0.6 is 0 Å². The fourth-order valence-corrected chi connectivity index (χ4v) is 4.49. The Balaban J connectivity index is 1.79. The first-order valence-electron chi connectivity index (χ1n) is 13.5. The minimum absolute atomic E-state index is 0.0200. The summed E-state index contributed by atoms with van der Waals surface area (Å²) in [5.74, 6) is -1.20. The van der Waals surface area contributed by atoms with Crippen LogP contribution in [0.25, 0.3) is 11.1 Å². The highest BCUT2D eigenvalue weighted by Gasteiger charge is 2.37. The van der Waals surface area contributed by atoms with E-state index < -0.39 is 59.8 Å². The summed E-state index contributed by atoms with van der Waals surface area (Å²) >= 11 is 0. The molecule has 244 valence electrons. The van der Waals surface area contributed by atoms with Gasteiger partial charge in [-0.1, -0.05) is 36.4 Å². The molecule has 0 unspecified atom stereocenters. The molecule has 0 saturated carbocycles. The summed E-state index contributed by atoms with van der Waals surface area (Å²) in [5, 5.41) is 8.75. The van der Waals surface area contributed by atoms with E-state index in [4.69, 9.17) is 9.84 Å². The van der Waals surface area contributed by atoms with Gasteiger partial charge in [0.15, 0.2) is 5.75 Å². The zero-order chi connectivity index (χ0) is 33.7. The summed E-state index contributed by atoms with van der Waals surface area (Å²) in [4.78, 5) is 20.1. The molecule has 1 aromatic heterocycles. The van der Waals surface area contributed by atoms with Gasteiger partial charge in [-0.3, -0.25) is 4.79 Å². The van der Waals surface area contributed by atoms with Crippen LogP contribution in [0.3, 0.4) is 0 Å². The smallest absolute Gasteiger partial charge is 0.416 e. The molecule has 4 rings (SSSR count). The van der Waals surface area contributed by atoms with E-state index >= 15 is 0 Å². The van der Waals surface area contributed by atoms with E-state index in [0.29, 0.717) is 23.3 Å². The molecule has 1 N–H and O–H groups in total. The van der Waals surface area contributed by atoms with Crippen molar-refractivity contribution in [1.29, 1.82) is 0 Å². The van der Waals surface area contributed by atoms with E-state index in [1.54, 1.807) is 30.3 Å². The van der Waals surface area contributed by atoms with Gasteiger partial charge in [0.05, 0.1) is 35.7 Å². The molecule has 6 nitrogen and oxygen atoms in total. The van der Waals surface area contributed by atoms with Gasteiger partial charge < -0.3 is 14.7 Å². The van der Waals surface area contributed by atoms with E-state index in [0.717, 1.165) is 29.4 Å². The number of hydrogen-bond acceptors (Lipinski definition) is 5. The minimum Gasteiger partial charge on any atom is -0.490 e. The number of carboxylic acids is 1. The molecule has 0 fully saturated rings. The lowest BCUT2D eigenvalue weighted by molar-refractivity contribution is -0.143. The lowest BCUT2D eigenvalue weighted by atomic mass is 9.96. The van der Waals surface area contributed by atoms with Gasteiger partial charge in [0.1, 0.15) is 0 Å². The Labute approximate surface area is 256 Å². The van der Waals surface area contributed by atoms with Crippen LogP contribution in [-0.2, 0) is 36.4 Å². The number of aromatic nitrogens is 2. The van der Waals surface area contributed by atoms with Crippen LogP contribution in [0.5, 0.6) is 5.75 Å². The zero-order valence-corrected chi connectivity index (χ0v) is 23.5. The maximum absolute atomic E-state index is 13.7. The fourth-order valence-electron chi connectivity index (χ4n) is 4.49. The highest BCUT2D eigenvalue weighted by atomic mass is 19.4. The molecule has 0 amide bonds. The number of alkyl halides is 9. The molecule has 0 aliphatic rings. The molecule has 0 radical (unpaired) electrons. The van der Waals surface area contributed by atoms with Gasteiger partial charge in [-0.15, -0.1) is 0 Å². The SMILES string of the molecule is O=C(O)CCCOc1cnc(N(Cc2cc(C(F)(F)F)cc(C(F)(F)F)c2)Cc2cc(C(F)(F)F)ccc2-c2ccccc2)nc1. The van der Waals surface area contributed by atoms with Crippen molar-refractivity contribution >= 4 is 11.9 Å². The number of rotatable bonds is 11. The Morgan fingerprint density at radius 1 is 0.739 bits per heavy atom. The van der Waals surface area contributed by atoms with E-state index in [1.807, 2.05) is 0 Å². The quantitative estimate of drug-likeness (QED) is 0.129. The maximum Gasteiger partial charge on any atom is 0.416 e. The second-order valence-electron chi connectivity index (χ2n) is 10.1. The third-order valence-electron chi connectivity index (χ3n) is 6.60. The molecule has 0 aliphatic heterocycles. The summed E-state index contributed by atoms with van der Waals surface area (Å²) in [6.45, 7) is -1.13.